The molecule has 1 aliphatic heterocycles. The van der Waals surface area contributed by atoms with E-state index >= 15 is 0 Å². The van der Waals surface area contributed by atoms with Crippen LogP contribution in [0.2, 0.25) is 4.47 Å². The number of carbonyl (C=O) groups excluding carboxylic acids is 1. The van der Waals surface area contributed by atoms with E-state index < -0.39 is 21.7 Å². The fraction of sp³-hybridized carbons (Fsp3) is 0.737. The first-order chi connectivity index (χ1) is 12.8. The summed E-state index contributed by atoms with van der Waals surface area (Å²) in [6.45, 7) is 12.5. The van der Waals surface area contributed by atoms with Crippen molar-refractivity contribution < 1.29 is 14.1 Å². The van der Waals surface area contributed by atoms with Crippen LogP contribution in [0.15, 0.2) is 4.40 Å². The molecule has 0 aromatic carbocycles. The Morgan fingerprint density at radius 2 is 1.89 bits per heavy atom. The Bertz CT molecular complexity index is 787. The number of aromatic nitrogens is 1. The Morgan fingerprint density at radius 1 is 1.29 bits per heavy atom. The Kier molecular flexibility index (Phi) is 5.82. The molecule has 1 spiro atoms. The summed E-state index contributed by atoms with van der Waals surface area (Å²) in [6.07, 6.45) is 1.93. The van der Waals surface area contributed by atoms with Crippen LogP contribution < -0.4 is 0 Å². The molecular formula is C19H28ClN3O3S2. The van der Waals surface area contributed by atoms with Crippen LogP contribution in [-0.2, 0) is 22.5 Å². The first-order valence-electron chi connectivity index (χ1n) is 9.45. The summed E-state index contributed by atoms with van der Waals surface area (Å²) in [4.78, 5) is 19.6. The second-order valence-electron chi connectivity index (χ2n) is 9.47. The topological polar surface area (TPSA) is 77.8 Å². The molecule has 1 atom stereocenters. The van der Waals surface area contributed by atoms with Gasteiger partial charge < -0.3 is 14.2 Å². The number of nitrogens with zero attached hydrogens (tertiary/aromatic N) is 3. The van der Waals surface area contributed by atoms with Crippen molar-refractivity contribution in [2.75, 3.05) is 13.1 Å². The maximum atomic E-state index is 12.8. The van der Waals surface area contributed by atoms with Gasteiger partial charge in [0.1, 0.15) is 27.4 Å². The summed E-state index contributed by atoms with van der Waals surface area (Å²) in [5.41, 5.74) is 1.04. The van der Waals surface area contributed by atoms with Crippen molar-refractivity contribution in [2.24, 2.45) is 9.81 Å². The summed E-state index contributed by atoms with van der Waals surface area (Å²) < 4.78 is 23.0. The minimum Gasteiger partial charge on any atom is -0.591 e. The Hall–Kier alpha value is -0.830. The van der Waals surface area contributed by atoms with E-state index in [0.717, 1.165) is 35.5 Å². The molecule has 0 radical (unpaired) electrons. The first kappa shape index (κ1) is 21.9. The smallest absolute Gasteiger partial charge is 0.410 e. The van der Waals surface area contributed by atoms with Crippen LogP contribution in [-0.4, -0.2) is 49.7 Å². The van der Waals surface area contributed by atoms with Crippen molar-refractivity contribution in [3.8, 4) is 0 Å². The number of piperidine rings is 1. The molecule has 0 N–H and O–H groups in total. The molecule has 3 rings (SSSR count). The van der Waals surface area contributed by atoms with Gasteiger partial charge in [0.15, 0.2) is 4.47 Å². The molecule has 2 aliphatic rings. The van der Waals surface area contributed by atoms with E-state index in [4.69, 9.17) is 16.3 Å². The molecule has 1 aromatic rings. The van der Waals surface area contributed by atoms with Crippen molar-refractivity contribution in [3.63, 3.8) is 0 Å². The zero-order valence-corrected chi connectivity index (χ0v) is 19.7. The van der Waals surface area contributed by atoms with Crippen LogP contribution in [0.5, 0.6) is 0 Å². The number of halogens is 1. The number of likely N-dealkylation sites (tertiary alicyclic amines) is 1. The molecule has 0 saturated carbocycles. The molecular weight excluding hydrogens is 418 g/mol. The number of ether oxygens (including phenoxy) is 1. The maximum absolute atomic E-state index is 12.8. The van der Waals surface area contributed by atoms with Crippen LogP contribution >= 0.6 is 22.9 Å². The molecule has 2 heterocycles. The van der Waals surface area contributed by atoms with Crippen molar-refractivity contribution in [1.29, 1.82) is 0 Å². The number of hydrogen-bond acceptors (Lipinski definition) is 6. The van der Waals surface area contributed by atoms with Gasteiger partial charge in [-0.05, 0) is 54.4 Å². The first-order valence-corrected chi connectivity index (χ1v) is 11.8. The summed E-state index contributed by atoms with van der Waals surface area (Å²) in [5, 5.41) is 0. The van der Waals surface area contributed by atoms with Crippen LogP contribution in [0.3, 0.4) is 0 Å². The molecule has 0 bridgehead atoms. The van der Waals surface area contributed by atoms with Gasteiger partial charge in [0.25, 0.3) is 0 Å². The third kappa shape index (κ3) is 4.50. The van der Waals surface area contributed by atoms with E-state index in [1.54, 1.807) is 4.90 Å². The second-order valence-corrected chi connectivity index (χ2v) is 13.0. The molecule has 1 unspecified atom stereocenters. The zero-order chi connectivity index (χ0) is 20.9. The Labute approximate surface area is 179 Å². The van der Waals surface area contributed by atoms with Gasteiger partial charge in [0.2, 0.25) is 0 Å². The zero-order valence-electron chi connectivity index (χ0n) is 17.3. The second kappa shape index (κ2) is 7.45. The van der Waals surface area contributed by atoms with Crippen molar-refractivity contribution in [3.05, 3.63) is 15.0 Å². The lowest BCUT2D eigenvalue weighted by Crippen LogP contribution is -2.47. The van der Waals surface area contributed by atoms with Gasteiger partial charge in [0, 0.05) is 24.9 Å². The number of thiazole rings is 1. The third-order valence-electron chi connectivity index (χ3n) is 4.96. The van der Waals surface area contributed by atoms with Gasteiger partial charge in [-0.3, -0.25) is 0 Å². The van der Waals surface area contributed by atoms with Gasteiger partial charge in [-0.1, -0.05) is 16.0 Å². The average Bonchev–Trinajstić information content (AvgIpc) is 3.00. The van der Waals surface area contributed by atoms with Gasteiger partial charge in [-0.2, -0.15) is 0 Å². The molecule has 1 fully saturated rings. The van der Waals surface area contributed by atoms with Gasteiger partial charge in [-0.25, -0.2) is 9.78 Å². The number of fused-ring (bicyclic) bond motifs is 1. The highest BCUT2D eigenvalue weighted by Gasteiger charge is 2.50. The third-order valence-corrected chi connectivity index (χ3v) is 7.57. The minimum atomic E-state index is -1.37. The Morgan fingerprint density at radius 3 is 2.43 bits per heavy atom. The summed E-state index contributed by atoms with van der Waals surface area (Å²) in [6, 6.07) is 0. The number of amides is 1. The highest BCUT2D eigenvalue weighted by molar-refractivity contribution is 7.91. The number of carbonyl (C=O) groups is 1. The molecule has 1 aliphatic carbocycles. The minimum absolute atomic E-state index is 0.238. The summed E-state index contributed by atoms with van der Waals surface area (Å²) >= 11 is 6.17. The van der Waals surface area contributed by atoms with Crippen LogP contribution in [0.25, 0.3) is 0 Å². The quantitative estimate of drug-likeness (QED) is 0.591. The molecule has 1 saturated heterocycles. The standard InChI is InChI=1S/C19H28ClN3O3S2/c1-17(2,3)26-16(24)23-9-7-19(8-10-23)11-12-13(27-15(20)21-12)14(19)22-28(25)18(4,5)6/h7-11H2,1-6H3/b22-14+. The summed E-state index contributed by atoms with van der Waals surface area (Å²) in [7, 11) is 0. The summed E-state index contributed by atoms with van der Waals surface area (Å²) in [5.74, 6) is 0. The molecule has 1 amide bonds. The van der Waals surface area contributed by atoms with Gasteiger partial charge in [-0.15, -0.1) is 11.3 Å². The molecule has 156 valence electrons. The van der Waals surface area contributed by atoms with E-state index in [-0.39, 0.29) is 11.5 Å². The molecule has 6 nitrogen and oxygen atoms in total. The Balaban J connectivity index is 1.84. The predicted octanol–water partition coefficient (Wildman–Crippen LogP) is 4.62. The van der Waals surface area contributed by atoms with Gasteiger partial charge in [0.05, 0.1) is 10.6 Å². The van der Waals surface area contributed by atoms with Crippen LogP contribution in [0.4, 0.5) is 4.79 Å². The SMILES string of the molecule is CC(C)(C)OC(=O)N1CCC2(CC1)Cc1nc(Cl)sc1/C2=N\[S+]([O-])C(C)(C)C. The lowest BCUT2D eigenvalue weighted by atomic mass is 9.75. The largest absolute Gasteiger partial charge is 0.591 e. The lowest BCUT2D eigenvalue weighted by Gasteiger charge is -2.39. The van der Waals surface area contributed by atoms with Crippen LogP contribution in [0.1, 0.15) is 65.0 Å². The number of hydrogen-bond donors (Lipinski definition) is 0. The van der Waals surface area contributed by atoms with Crippen molar-refractivity contribution in [2.45, 2.75) is 71.2 Å². The van der Waals surface area contributed by atoms with E-state index in [2.05, 4.69) is 9.38 Å². The van der Waals surface area contributed by atoms with Crippen molar-refractivity contribution >= 4 is 46.1 Å². The lowest BCUT2D eigenvalue weighted by molar-refractivity contribution is 0.0159. The van der Waals surface area contributed by atoms with E-state index in [0.29, 0.717) is 17.6 Å². The fourth-order valence-corrected chi connectivity index (χ4v) is 5.52. The predicted molar refractivity (Wildman–Crippen MR) is 115 cm³/mol. The fourth-order valence-electron chi connectivity index (χ4n) is 3.49. The maximum Gasteiger partial charge on any atom is 0.410 e. The van der Waals surface area contributed by atoms with Crippen LogP contribution in [0, 0.1) is 5.41 Å². The number of rotatable bonds is 1. The molecule has 28 heavy (non-hydrogen) atoms. The molecule has 1 aromatic heterocycles. The molecule has 9 heteroatoms. The monoisotopic (exact) mass is 445 g/mol. The van der Waals surface area contributed by atoms with Crippen molar-refractivity contribution in [1.82, 2.24) is 9.88 Å². The van der Waals surface area contributed by atoms with E-state index in [1.807, 2.05) is 41.5 Å². The normalized spacial score (nSPS) is 21.9. The highest BCUT2D eigenvalue weighted by Crippen LogP contribution is 2.48. The van der Waals surface area contributed by atoms with E-state index in [9.17, 15) is 9.35 Å². The van der Waals surface area contributed by atoms with E-state index in [1.165, 1.54) is 11.3 Å². The van der Waals surface area contributed by atoms with Gasteiger partial charge >= 0.3 is 6.09 Å². The average molecular weight is 446 g/mol. The highest BCUT2D eigenvalue weighted by atomic mass is 35.5.